The molecule has 0 aliphatic carbocycles. The number of ether oxygens (including phenoxy) is 1. The van der Waals surface area contributed by atoms with Crippen LogP contribution in [0.2, 0.25) is 5.02 Å². The zero-order chi connectivity index (χ0) is 14.0. The Morgan fingerprint density at radius 3 is 2.84 bits per heavy atom. The van der Waals surface area contributed by atoms with Crippen LogP contribution in [-0.2, 0) is 19.9 Å². The summed E-state index contributed by atoms with van der Waals surface area (Å²) in [6.07, 6.45) is 0.646. The second kappa shape index (κ2) is 5.94. The maximum Gasteiger partial charge on any atom is 0.129 e. The van der Waals surface area contributed by atoms with Crippen LogP contribution in [0.3, 0.4) is 0 Å². The molecule has 0 saturated heterocycles. The molecule has 6 heteroatoms. The maximum atomic E-state index is 10.3. The SMILES string of the molecule is CCc1nn(C)c(CC(O)c2cc(OC)cs2)c1Cl. The Balaban J connectivity index is 2.18. The van der Waals surface area contributed by atoms with E-state index < -0.39 is 6.10 Å². The van der Waals surface area contributed by atoms with Gasteiger partial charge in [-0.15, -0.1) is 11.3 Å². The molecule has 0 bridgehead atoms. The van der Waals surface area contributed by atoms with Crippen molar-refractivity contribution in [1.82, 2.24) is 9.78 Å². The van der Waals surface area contributed by atoms with Gasteiger partial charge in [0.25, 0.3) is 0 Å². The quantitative estimate of drug-likeness (QED) is 0.923. The van der Waals surface area contributed by atoms with E-state index in [1.54, 1.807) is 11.8 Å². The molecule has 0 amide bonds. The van der Waals surface area contributed by atoms with Gasteiger partial charge in [0, 0.05) is 23.7 Å². The number of aromatic nitrogens is 2. The number of halogens is 1. The highest BCUT2D eigenvalue weighted by atomic mass is 35.5. The molecule has 0 radical (unpaired) electrons. The van der Waals surface area contributed by atoms with Crippen molar-refractivity contribution in [3.05, 3.63) is 32.7 Å². The third-order valence-corrected chi connectivity index (χ3v) is 4.50. The van der Waals surface area contributed by atoms with Gasteiger partial charge in [-0.3, -0.25) is 4.68 Å². The number of nitrogens with zero attached hydrogens (tertiary/aromatic N) is 2. The minimum Gasteiger partial charge on any atom is -0.496 e. The van der Waals surface area contributed by atoms with Crippen LogP contribution >= 0.6 is 22.9 Å². The van der Waals surface area contributed by atoms with Crippen molar-refractivity contribution in [3.63, 3.8) is 0 Å². The van der Waals surface area contributed by atoms with Gasteiger partial charge in [-0.1, -0.05) is 18.5 Å². The molecular formula is C13H17ClN2O2S. The summed E-state index contributed by atoms with van der Waals surface area (Å²) in [6.45, 7) is 2.01. The molecule has 0 spiro atoms. The van der Waals surface area contributed by atoms with Crippen molar-refractivity contribution in [2.45, 2.75) is 25.9 Å². The van der Waals surface area contributed by atoms with Gasteiger partial charge in [-0.25, -0.2) is 0 Å². The fourth-order valence-corrected chi connectivity index (χ4v) is 3.15. The monoisotopic (exact) mass is 300 g/mol. The van der Waals surface area contributed by atoms with Gasteiger partial charge in [0.1, 0.15) is 5.75 Å². The smallest absolute Gasteiger partial charge is 0.129 e. The molecule has 1 atom stereocenters. The summed E-state index contributed by atoms with van der Waals surface area (Å²) in [5, 5.41) is 17.2. The van der Waals surface area contributed by atoms with E-state index in [0.717, 1.165) is 28.4 Å². The lowest BCUT2D eigenvalue weighted by Crippen LogP contribution is -2.05. The number of thiophene rings is 1. The average molecular weight is 301 g/mol. The molecular weight excluding hydrogens is 284 g/mol. The first-order valence-electron chi connectivity index (χ1n) is 6.07. The Morgan fingerprint density at radius 2 is 2.32 bits per heavy atom. The minimum atomic E-state index is -0.591. The number of aliphatic hydroxyl groups is 1. The number of methoxy groups -OCH3 is 1. The molecule has 0 aromatic carbocycles. The Morgan fingerprint density at radius 1 is 1.58 bits per heavy atom. The fraction of sp³-hybridized carbons (Fsp3) is 0.462. The van der Waals surface area contributed by atoms with E-state index in [1.807, 2.05) is 25.4 Å². The van der Waals surface area contributed by atoms with Crippen LogP contribution in [0.1, 0.15) is 29.3 Å². The van der Waals surface area contributed by atoms with Gasteiger partial charge < -0.3 is 9.84 Å². The Kier molecular flexibility index (Phi) is 4.50. The van der Waals surface area contributed by atoms with E-state index in [9.17, 15) is 5.11 Å². The van der Waals surface area contributed by atoms with Gasteiger partial charge in [0.05, 0.1) is 29.6 Å². The normalized spacial score (nSPS) is 12.7. The maximum absolute atomic E-state index is 10.3. The fourth-order valence-electron chi connectivity index (χ4n) is 1.94. The standard InChI is InChI=1S/C13H17ClN2O2S/c1-4-9-13(14)10(16(2)15-9)6-11(17)12-5-8(18-3)7-19-12/h5,7,11,17H,4,6H2,1-3H3. The molecule has 2 rings (SSSR count). The van der Waals surface area contributed by atoms with Crippen molar-refractivity contribution in [3.8, 4) is 5.75 Å². The van der Waals surface area contributed by atoms with E-state index in [1.165, 1.54) is 11.3 Å². The van der Waals surface area contributed by atoms with Crippen LogP contribution in [0, 0.1) is 0 Å². The highest BCUT2D eigenvalue weighted by molar-refractivity contribution is 7.10. The Bertz CT molecular complexity index is 565. The van der Waals surface area contributed by atoms with Crippen LogP contribution in [0.25, 0.3) is 0 Å². The molecule has 2 aromatic heterocycles. The number of aryl methyl sites for hydroxylation is 2. The molecule has 19 heavy (non-hydrogen) atoms. The predicted octanol–water partition coefficient (Wildman–Crippen LogP) is 2.98. The molecule has 0 aliphatic heterocycles. The predicted molar refractivity (Wildman–Crippen MR) is 77.1 cm³/mol. The van der Waals surface area contributed by atoms with Crippen molar-refractivity contribution < 1.29 is 9.84 Å². The van der Waals surface area contributed by atoms with Gasteiger partial charge >= 0.3 is 0 Å². The van der Waals surface area contributed by atoms with Crippen molar-refractivity contribution >= 4 is 22.9 Å². The van der Waals surface area contributed by atoms with E-state index >= 15 is 0 Å². The molecule has 104 valence electrons. The number of aliphatic hydroxyl groups excluding tert-OH is 1. The second-order valence-corrected chi connectivity index (χ2v) is 5.61. The summed E-state index contributed by atoms with van der Waals surface area (Å²) in [7, 11) is 3.46. The van der Waals surface area contributed by atoms with E-state index in [4.69, 9.17) is 16.3 Å². The minimum absolute atomic E-state index is 0.450. The average Bonchev–Trinajstić information content (AvgIpc) is 2.98. The molecule has 1 unspecified atom stereocenters. The van der Waals surface area contributed by atoms with Crippen molar-refractivity contribution in [2.24, 2.45) is 7.05 Å². The highest BCUT2D eigenvalue weighted by Gasteiger charge is 2.19. The van der Waals surface area contributed by atoms with Crippen LogP contribution < -0.4 is 4.74 Å². The summed E-state index contributed by atoms with van der Waals surface area (Å²) < 4.78 is 6.87. The topological polar surface area (TPSA) is 47.3 Å². The van der Waals surface area contributed by atoms with Gasteiger partial charge in [-0.2, -0.15) is 5.10 Å². The number of hydrogen-bond donors (Lipinski definition) is 1. The van der Waals surface area contributed by atoms with Crippen LogP contribution in [0.15, 0.2) is 11.4 Å². The number of hydrogen-bond acceptors (Lipinski definition) is 4. The summed E-state index contributed by atoms with van der Waals surface area (Å²) in [5.74, 6) is 0.768. The Labute approximate surface area is 121 Å². The van der Waals surface area contributed by atoms with E-state index in [2.05, 4.69) is 5.10 Å². The van der Waals surface area contributed by atoms with Gasteiger partial charge in [0.15, 0.2) is 0 Å². The lowest BCUT2D eigenvalue weighted by atomic mass is 10.1. The molecule has 0 aliphatic rings. The third kappa shape index (κ3) is 2.94. The summed E-state index contributed by atoms with van der Waals surface area (Å²) in [6, 6.07) is 1.85. The Hall–Kier alpha value is -1.04. The van der Waals surface area contributed by atoms with Crippen LogP contribution in [0.5, 0.6) is 5.75 Å². The summed E-state index contributed by atoms with van der Waals surface area (Å²) in [5.41, 5.74) is 1.73. The van der Waals surface area contributed by atoms with Gasteiger partial charge in [0.2, 0.25) is 0 Å². The van der Waals surface area contributed by atoms with E-state index in [-0.39, 0.29) is 0 Å². The molecule has 4 nitrogen and oxygen atoms in total. The first kappa shape index (κ1) is 14.4. The summed E-state index contributed by atoms with van der Waals surface area (Å²) in [4.78, 5) is 0.868. The first-order chi connectivity index (χ1) is 9.06. The van der Waals surface area contributed by atoms with Crippen LogP contribution in [-0.4, -0.2) is 22.0 Å². The number of rotatable bonds is 5. The molecule has 2 heterocycles. The van der Waals surface area contributed by atoms with Crippen molar-refractivity contribution in [1.29, 1.82) is 0 Å². The highest BCUT2D eigenvalue weighted by Crippen LogP contribution is 2.31. The lowest BCUT2D eigenvalue weighted by Gasteiger charge is -2.09. The largest absolute Gasteiger partial charge is 0.496 e. The van der Waals surface area contributed by atoms with Crippen molar-refractivity contribution in [2.75, 3.05) is 7.11 Å². The molecule has 2 aromatic rings. The van der Waals surface area contributed by atoms with E-state index in [0.29, 0.717) is 11.4 Å². The second-order valence-electron chi connectivity index (χ2n) is 4.29. The first-order valence-corrected chi connectivity index (χ1v) is 7.33. The molecule has 1 N–H and O–H groups in total. The zero-order valence-corrected chi connectivity index (χ0v) is 12.8. The zero-order valence-electron chi connectivity index (χ0n) is 11.2. The molecule has 0 saturated carbocycles. The summed E-state index contributed by atoms with van der Waals surface area (Å²) >= 11 is 7.76. The lowest BCUT2D eigenvalue weighted by molar-refractivity contribution is 0.179. The van der Waals surface area contributed by atoms with Gasteiger partial charge in [-0.05, 0) is 12.5 Å². The third-order valence-electron chi connectivity index (χ3n) is 3.05. The molecule has 0 fully saturated rings. The van der Waals surface area contributed by atoms with Crippen LogP contribution in [0.4, 0.5) is 0 Å².